The second-order valence-electron chi connectivity index (χ2n) is 6.72. The highest BCUT2D eigenvalue weighted by Gasteiger charge is 2.42. The Balaban J connectivity index is 2.64. The van der Waals surface area contributed by atoms with Gasteiger partial charge in [-0.25, -0.2) is 0 Å². The molecule has 0 aromatic carbocycles. The number of carboxylic acid groups (broad SMARTS) is 1. The van der Waals surface area contributed by atoms with Crippen molar-refractivity contribution in [2.75, 3.05) is 20.6 Å². The van der Waals surface area contributed by atoms with Crippen molar-refractivity contribution in [3.63, 3.8) is 0 Å². The summed E-state index contributed by atoms with van der Waals surface area (Å²) >= 11 is 0. The van der Waals surface area contributed by atoms with Crippen molar-refractivity contribution in [1.82, 2.24) is 10.2 Å². The number of hydrogen-bond acceptors (Lipinski definition) is 3. The molecular weight excluding hydrogens is 256 g/mol. The van der Waals surface area contributed by atoms with E-state index in [9.17, 15) is 14.7 Å². The summed E-state index contributed by atoms with van der Waals surface area (Å²) in [7, 11) is 3.93. The minimum Gasteiger partial charge on any atom is -0.481 e. The van der Waals surface area contributed by atoms with Crippen LogP contribution < -0.4 is 5.32 Å². The first-order chi connectivity index (χ1) is 9.19. The largest absolute Gasteiger partial charge is 0.481 e. The smallest absolute Gasteiger partial charge is 0.307 e. The molecule has 0 aliphatic heterocycles. The molecule has 0 saturated heterocycles. The minimum atomic E-state index is -0.840. The maximum Gasteiger partial charge on any atom is 0.307 e. The minimum absolute atomic E-state index is 0.108. The molecule has 0 aromatic heterocycles. The fourth-order valence-electron chi connectivity index (χ4n) is 2.63. The third-order valence-electron chi connectivity index (χ3n) is 4.80. The fourth-order valence-corrected chi connectivity index (χ4v) is 2.63. The molecule has 1 amide bonds. The van der Waals surface area contributed by atoms with Crippen molar-refractivity contribution >= 4 is 11.9 Å². The number of amides is 1. The van der Waals surface area contributed by atoms with Crippen molar-refractivity contribution in [3.05, 3.63) is 0 Å². The van der Waals surface area contributed by atoms with Crippen molar-refractivity contribution in [2.45, 2.75) is 45.6 Å². The molecule has 20 heavy (non-hydrogen) atoms. The van der Waals surface area contributed by atoms with Gasteiger partial charge in [-0.2, -0.15) is 0 Å². The molecule has 5 heteroatoms. The van der Waals surface area contributed by atoms with Crippen LogP contribution in [0.4, 0.5) is 0 Å². The second kappa shape index (κ2) is 6.57. The Morgan fingerprint density at radius 2 is 1.80 bits per heavy atom. The maximum atomic E-state index is 12.3. The number of likely N-dealkylation sites (N-methyl/N-ethyl adjacent to an activating group) is 1. The number of carbonyl (C=O) groups is 2. The normalized spacial score (nSPS) is 26.8. The van der Waals surface area contributed by atoms with Crippen LogP contribution in [0.25, 0.3) is 0 Å². The van der Waals surface area contributed by atoms with Crippen LogP contribution in [0, 0.1) is 17.8 Å². The summed E-state index contributed by atoms with van der Waals surface area (Å²) in [5.74, 6) is -1.50. The summed E-state index contributed by atoms with van der Waals surface area (Å²) in [6.07, 6.45) is 2.26. The van der Waals surface area contributed by atoms with Gasteiger partial charge >= 0.3 is 5.97 Å². The molecule has 0 heterocycles. The number of carboxylic acids is 1. The van der Waals surface area contributed by atoms with Crippen LogP contribution >= 0.6 is 0 Å². The van der Waals surface area contributed by atoms with Crippen molar-refractivity contribution in [1.29, 1.82) is 0 Å². The van der Waals surface area contributed by atoms with E-state index in [2.05, 4.69) is 12.2 Å². The van der Waals surface area contributed by atoms with Crippen LogP contribution in [0.1, 0.15) is 40.0 Å². The van der Waals surface area contributed by atoms with E-state index in [1.807, 2.05) is 32.8 Å². The molecule has 0 aromatic rings. The van der Waals surface area contributed by atoms with E-state index in [-0.39, 0.29) is 17.4 Å². The molecule has 2 N–H and O–H groups in total. The molecule has 116 valence electrons. The van der Waals surface area contributed by atoms with E-state index >= 15 is 0 Å². The first-order valence-electron chi connectivity index (χ1n) is 7.37. The molecule has 1 fully saturated rings. The standard InChI is InChI=1S/C15H28N2O3/c1-6-10-7-11(12(8-10)14(19)20)13(18)16-9-15(2,3)17(4)5/h10-12H,6-9H2,1-5H3,(H,16,18)(H,19,20)/t10?,11-,12+/m0/s1. The molecule has 1 unspecified atom stereocenters. The molecule has 1 aliphatic carbocycles. The Morgan fingerprint density at radius 3 is 2.25 bits per heavy atom. The molecular formula is C15H28N2O3. The SMILES string of the molecule is CCC1C[C@H](C(=O)NCC(C)(C)N(C)C)[C@H](C(=O)O)C1. The van der Waals surface area contributed by atoms with Gasteiger partial charge in [0.15, 0.2) is 0 Å². The third-order valence-corrected chi connectivity index (χ3v) is 4.80. The van der Waals surface area contributed by atoms with Gasteiger partial charge in [0.2, 0.25) is 5.91 Å². The van der Waals surface area contributed by atoms with Gasteiger partial charge in [0.25, 0.3) is 0 Å². The van der Waals surface area contributed by atoms with Gasteiger partial charge in [-0.05, 0) is 46.7 Å². The average molecular weight is 284 g/mol. The highest BCUT2D eigenvalue weighted by Crippen LogP contribution is 2.38. The van der Waals surface area contributed by atoms with E-state index in [1.54, 1.807) is 0 Å². The van der Waals surface area contributed by atoms with E-state index in [0.29, 0.717) is 25.3 Å². The zero-order valence-electron chi connectivity index (χ0n) is 13.3. The van der Waals surface area contributed by atoms with E-state index in [0.717, 1.165) is 6.42 Å². The molecule has 0 bridgehead atoms. The van der Waals surface area contributed by atoms with Gasteiger partial charge < -0.3 is 15.3 Å². The fraction of sp³-hybridized carbons (Fsp3) is 0.867. The zero-order chi connectivity index (χ0) is 15.5. The monoisotopic (exact) mass is 284 g/mol. The Morgan fingerprint density at radius 1 is 1.25 bits per heavy atom. The molecule has 5 nitrogen and oxygen atoms in total. The summed E-state index contributed by atoms with van der Waals surface area (Å²) in [5, 5.41) is 12.2. The molecule has 3 atom stereocenters. The summed E-state index contributed by atoms with van der Waals surface area (Å²) in [5.41, 5.74) is -0.142. The number of rotatable bonds is 6. The molecule has 0 spiro atoms. The number of nitrogens with one attached hydrogen (secondary N) is 1. The summed E-state index contributed by atoms with van der Waals surface area (Å²) in [4.78, 5) is 25.6. The molecule has 1 rings (SSSR count). The van der Waals surface area contributed by atoms with E-state index in [1.165, 1.54) is 0 Å². The maximum absolute atomic E-state index is 12.3. The van der Waals surface area contributed by atoms with Crippen LogP contribution in [0.15, 0.2) is 0 Å². The van der Waals surface area contributed by atoms with Crippen LogP contribution in [-0.2, 0) is 9.59 Å². The Hall–Kier alpha value is -1.10. The number of hydrogen-bond donors (Lipinski definition) is 2. The zero-order valence-corrected chi connectivity index (χ0v) is 13.3. The van der Waals surface area contributed by atoms with Gasteiger partial charge in [0, 0.05) is 12.1 Å². The van der Waals surface area contributed by atoms with Crippen LogP contribution in [0.2, 0.25) is 0 Å². The molecule has 1 aliphatic rings. The first kappa shape index (κ1) is 17.0. The summed E-state index contributed by atoms with van der Waals surface area (Å²) < 4.78 is 0. The lowest BCUT2D eigenvalue weighted by molar-refractivity contribution is -0.146. The van der Waals surface area contributed by atoms with Crippen LogP contribution in [0.5, 0.6) is 0 Å². The summed E-state index contributed by atoms with van der Waals surface area (Å²) in [6, 6.07) is 0. The molecule has 1 saturated carbocycles. The predicted molar refractivity (Wildman–Crippen MR) is 78.4 cm³/mol. The second-order valence-corrected chi connectivity index (χ2v) is 6.72. The van der Waals surface area contributed by atoms with Gasteiger partial charge in [-0.1, -0.05) is 13.3 Å². The lowest BCUT2D eigenvalue weighted by Gasteiger charge is -2.33. The van der Waals surface area contributed by atoms with E-state index in [4.69, 9.17) is 0 Å². The first-order valence-corrected chi connectivity index (χ1v) is 7.37. The molecule has 0 radical (unpaired) electrons. The van der Waals surface area contributed by atoms with Crippen molar-refractivity contribution in [2.24, 2.45) is 17.8 Å². The van der Waals surface area contributed by atoms with Crippen molar-refractivity contribution in [3.8, 4) is 0 Å². The lowest BCUT2D eigenvalue weighted by atomic mass is 9.94. The Labute approximate surface area is 121 Å². The Kier molecular flexibility index (Phi) is 5.57. The highest BCUT2D eigenvalue weighted by atomic mass is 16.4. The van der Waals surface area contributed by atoms with Gasteiger partial charge in [-0.15, -0.1) is 0 Å². The quantitative estimate of drug-likeness (QED) is 0.777. The van der Waals surface area contributed by atoms with Gasteiger partial charge in [0.05, 0.1) is 11.8 Å². The third kappa shape index (κ3) is 3.95. The average Bonchev–Trinajstić information content (AvgIpc) is 2.80. The predicted octanol–water partition coefficient (Wildman–Crippen LogP) is 1.58. The summed E-state index contributed by atoms with van der Waals surface area (Å²) in [6.45, 7) is 6.67. The number of nitrogens with zero attached hydrogens (tertiary/aromatic N) is 1. The van der Waals surface area contributed by atoms with Crippen LogP contribution in [0.3, 0.4) is 0 Å². The van der Waals surface area contributed by atoms with E-state index < -0.39 is 11.9 Å². The lowest BCUT2D eigenvalue weighted by Crippen LogP contribution is -2.49. The van der Waals surface area contributed by atoms with Gasteiger partial charge in [0.1, 0.15) is 0 Å². The highest BCUT2D eigenvalue weighted by molar-refractivity contribution is 5.85. The topological polar surface area (TPSA) is 69.6 Å². The van der Waals surface area contributed by atoms with Gasteiger partial charge in [-0.3, -0.25) is 9.59 Å². The number of aliphatic carboxylic acids is 1. The number of carbonyl (C=O) groups excluding carboxylic acids is 1. The van der Waals surface area contributed by atoms with Crippen LogP contribution in [-0.4, -0.2) is 48.1 Å². The Bertz CT molecular complexity index is 366. The van der Waals surface area contributed by atoms with Crippen molar-refractivity contribution < 1.29 is 14.7 Å².